The van der Waals surface area contributed by atoms with E-state index in [9.17, 15) is 0 Å². The van der Waals surface area contributed by atoms with Gasteiger partial charge in [0, 0.05) is 43.0 Å². The minimum atomic E-state index is 0.0714. The fourth-order valence-electron chi connectivity index (χ4n) is 2.38. The smallest absolute Gasteiger partial charge is 0.0925 e. The van der Waals surface area contributed by atoms with Crippen molar-refractivity contribution in [2.45, 2.75) is 46.2 Å². The van der Waals surface area contributed by atoms with E-state index in [-0.39, 0.29) is 5.41 Å². The minimum Gasteiger partial charge on any atom is -0.348 e. The molecule has 0 fully saturated rings. The first kappa shape index (κ1) is 17.7. The van der Waals surface area contributed by atoms with E-state index in [2.05, 4.69) is 77.8 Å². The maximum atomic E-state index is 4.47. The van der Waals surface area contributed by atoms with Gasteiger partial charge < -0.3 is 9.88 Å². The summed E-state index contributed by atoms with van der Waals surface area (Å²) in [5.41, 5.74) is 4.58. The lowest BCUT2D eigenvalue weighted by Crippen LogP contribution is -2.31. The SMILES string of the molecule is Cc1[nH]cnc1CN(CCN(C)C)Cc1cc(C(C)(C)C)n[nH]1. The second-order valence-electron chi connectivity index (χ2n) is 7.52. The molecule has 128 valence electrons. The van der Waals surface area contributed by atoms with Gasteiger partial charge in [-0.15, -0.1) is 0 Å². The lowest BCUT2D eigenvalue weighted by atomic mass is 9.92. The average Bonchev–Trinajstić information content (AvgIpc) is 3.05. The highest BCUT2D eigenvalue weighted by molar-refractivity contribution is 5.16. The number of aromatic amines is 2. The zero-order valence-electron chi connectivity index (χ0n) is 15.3. The van der Waals surface area contributed by atoms with Crippen LogP contribution in [0.4, 0.5) is 0 Å². The third kappa shape index (κ3) is 5.18. The van der Waals surface area contributed by atoms with Crippen LogP contribution in [0.3, 0.4) is 0 Å². The van der Waals surface area contributed by atoms with Gasteiger partial charge in [0.05, 0.1) is 17.7 Å². The first-order valence-electron chi connectivity index (χ1n) is 8.16. The molecule has 0 unspecified atom stereocenters. The van der Waals surface area contributed by atoms with E-state index in [1.54, 1.807) is 6.33 Å². The largest absolute Gasteiger partial charge is 0.348 e. The third-order valence-corrected chi connectivity index (χ3v) is 3.96. The molecule has 6 heteroatoms. The molecule has 0 aliphatic rings. The van der Waals surface area contributed by atoms with Gasteiger partial charge in [-0.2, -0.15) is 5.10 Å². The van der Waals surface area contributed by atoms with Gasteiger partial charge in [0.2, 0.25) is 0 Å². The van der Waals surface area contributed by atoms with Crippen LogP contribution in [0.15, 0.2) is 12.4 Å². The fraction of sp³-hybridized carbons (Fsp3) is 0.647. The van der Waals surface area contributed by atoms with Crippen molar-refractivity contribution in [2.24, 2.45) is 0 Å². The highest BCUT2D eigenvalue weighted by Crippen LogP contribution is 2.21. The van der Waals surface area contributed by atoms with Crippen molar-refractivity contribution in [3.05, 3.63) is 35.2 Å². The second-order valence-corrected chi connectivity index (χ2v) is 7.52. The standard InChI is InChI=1S/C17H30N6/c1-13-15(19-12-18-13)11-23(8-7-22(5)6)10-14-9-16(21-20-14)17(2,3)4/h9,12H,7-8,10-11H2,1-6H3,(H,18,19)(H,20,21). The molecule has 0 bridgehead atoms. The maximum Gasteiger partial charge on any atom is 0.0925 e. The molecule has 2 rings (SSSR count). The van der Waals surface area contributed by atoms with Gasteiger partial charge in [-0.05, 0) is 27.1 Å². The first-order chi connectivity index (χ1) is 10.8. The first-order valence-corrected chi connectivity index (χ1v) is 8.16. The van der Waals surface area contributed by atoms with Gasteiger partial charge in [0.1, 0.15) is 0 Å². The molecular weight excluding hydrogens is 288 g/mol. The number of aryl methyl sites for hydroxylation is 1. The van der Waals surface area contributed by atoms with Gasteiger partial charge in [-0.25, -0.2) is 4.98 Å². The quantitative estimate of drug-likeness (QED) is 0.822. The summed E-state index contributed by atoms with van der Waals surface area (Å²) in [5.74, 6) is 0. The Bertz CT molecular complexity index is 605. The summed E-state index contributed by atoms with van der Waals surface area (Å²) in [7, 11) is 4.21. The lowest BCUT2D eigenvalue weighted by Gasteiger charge is -2.23. The van der Waals surface area contributed by atoms with E-state index in [0.29, 0.717) is 0 Å². The molecule has 0 spiro atoms. The number of hydrogen-bond acceptors (Lipinski definition) is 4. The summed E-state index contributed by atoms with van der Waals surface area (Å²) in [5, 5.41) is 7.66. The van der Waals surface area contributed by atoms with E-state index in [0.717, 1.165) is 49.0 Å². The molecule has 0 amide bonds. The Morgan fingerprint density at radius 1 is 1.13 bits per heavy atom. The van der Waals surface area contributed by atoms with Crippen molar-refractivity contribution in [1.29, 1.82) is 0 Å². The van der Waals surface area contributed by atoms with Crippen LogP contribution in [-0.2, 0) is 18.5 Å². The number of rotatable bonds is 7. The summed E-state index contributed by atoms with van der Waals surface area (Å²) in [6, 6.07) is 2.18. The number of imidazole rings is 1. The number of likely N-dealkylation sites (N-methyl/N-ethyl adjacent to an activating group) is 1. The molecule has 0 atom stereocenters. The summed E-state index contributed by atoms with van der Waals surface area (Å²) in [6.07, 6.45) is 1.77. The number of nitrogens with zero attached hydrogens (tertiary/aromatic N) is 4. The van der Waals surface area contributed by atoms with Crippen LogP contribution in [0.25, 0.3) is 0 Å². The van der Waals surface area contributed by atoms with Crippen LogP contribution in [-0.4, -0.2) is 57.1 Å². The van der Waals surface area contributed by atoms with E-state index < -0.39 is 0 Å². The maximum absolute atomic E-state index is 4.47. The number of hydrogen-bond donors (Lipinski definition) is 2. The predicted octanol–water partition coefficient (Wildman–Crippen LogP) is 2.30. The summed E-state index contributed by atoms with van der Waals surface area (Å²) in [6.45, 7) is 12.3. The van der Waals surface area contributed by atoms with Crippen molar-refractivity contribution in [3.8, 4) is 0 Å². The van der Waals surface area contributed by atoms with Crippen molar-refractivity contribution in [3.63, 3.8) is 0 Å². The molecule has 2 aromatic rings. The van der Waals surface area contributed by atoms with Gasteiger partial charge >= 0.3 is 0 Å². The normalized spacial score (nSPS) is 12.5. The Kier molecular flexibility index (Phi) is 5.59. The molecule has 0 aliphatic heterocycles. The minimum absolute atomic E-state index is 0.0714. The Morgan fingerprint density at radius 2 is 1.87 bits per heavy atom. The molecule has 2 heterocycles. The Morgan fingerprint density at radius 3 is 2.39 bits per heavy atom. The second kappa shape index (κ2) is 7.27. The number of H-pyrrole nitrogens is 2. The summed E-state index contributed by atoms with van der Waals surface area (Å²) < 4.78 is 0. The molecule has 0 radical (unpaired) electrons. The van der Waals surface area contributed by atoms with E-state index in [4.69, 9.17) is 0 Å². The van der Waals surface area contributed by atoms with Crippen LogP contribution in [0.1, 0.15) is 43.5 Å². The molecule has 23 heavy (non-hydrogen) atoms. The summed E-state index contributed by atoms with van der Waals surface area (Å²) in [4.78, 5) is 12.2. The third-order valence-electron chi connectivity index (χ3n) is 3.96. The molecule has 0 aromatic carbocycles. The predicted molar refractivity (Wildman–Crippen MR) is 93.3 cm³/mol. The average molecular weight is 318 g/mol. The van der Waals surface area contributed by atoms with Crippen LogP contribution < -0.4 is 0 Å². The van der Waals surface area contributed by atoms with Gasteiger partial charge in [-0.3, -0.25) is 10.00 Å². The fourth-order valence-corrected chi connectivity index (χ4v) is 2.38. The van der Waals surface area contributed by atoms with Crippen molar-refractivity contribution in [1.82, 2.24) is 30.0 Å². The number of aromatic nitrogens is 4. The van der Waals surface area contributed by atoms with Crippen LogP contribution >= 0.6 is 0 Å². The van der Waals surface area contributed by atoms with Gasteiger partial charge in [0.25, 0.3) is 0 Å². The Labute approximate surface area is 139 Å². The highest BCUT2D eigenvalue weighted by atomic mass is 15.2. The zero-order chi connectivity index (χ0) is 17.0. The van der Waals surface area contributed by atoms with Crippen LogP contribution in [0, 0.1) is 6.92 Å². The molecule has 2 N–H and O–H groups in total. The topological polar surface area (TPSA) is 63.8 Å². The molecule has 2 aromatic heterocycles. The van der Waals surface area contributed by atoms with Crippen molar-refractivity contribution in [2.75, 3.05) is 27.2 Å². The number of nitrogens with one attached hydrogen (secondary N) is 2. The highest BCUT2D eigenvalue weighted by Gasteiger charge is 2.18. The van der Waals surface area contributed by atoms with E-state index >= 15 is 0 Å². The van der Waals surface area contributed by atoms with E-state index in [1.165, 1.54) is 0 Å². The Balaban J connectivity index is 2.07. The summed E-state index contributed by atoms with van der Waals surface area (Å²) >= 11 is 0. The van der Waals surface area contributed by atoms with Crippen LogP contribution in [0.2, 0.25) is 0 Å². The van der Waals surface area contributed by atoms with Gasteiger partial charge in [0.15, 0.2) is 0 Å². The molecule has 0 saturated heterocycles. The van der Waals surface area contributed by atoms with E-state index in [1.807, 2.05) is 0 Å². The lowest BCUT2D eigenvalue weighted by molar-refractivity contribution is 0.221. The van der Waals surface area contributed by atoms with Crippen molar-refractivity contribution < 1.29 is 0 Å². The zero-order valence-corrected chi connectivity index (χ0v) is 15.3. The molecular formula is C17H30N6. The van der Waals surface area contributed by atoms with Crippen molar-refractivity contribution >= 4 is 0 Å². The Hall–Kier alpha value is -1.66. The molecule has 0 saturated carbocycles. The molecule has 0 aliphatic carbocycles. The monoisotopic (exact) mass is 318 g/mol. The molecule has 6 nitrogen and oxygen atoms in total. The van der Waals surface area contributed by atoms with Gasteiger partial charge in [-0.1, -0.05) is 20.8 Å². The van der Waals surface area contributed by atoms with Crippen LogP contribution in [0.5, 0.6) is 0 Å².